The Morgan fingerprint density at radius 1 is 1.07 bits per heavy atom. The fourth-order valence-electron chi connectivity index (χ4n) is 2.98. The third-order valence-corrected chi connectivity index (χ3v) is 6.22. The van der Waals surface area contributed by atoms with Gasteiger partial charge in [-0.1, -0.05) is 83.9 Å². The number of nitrogens with one attached hydrogen (secondary N) is 1. The van der Waals surface area contributed by atoms with Crippen LogP contribution in [0.2, 0.25) is 10.0 Å². The van der Waals surface area contributed by atoms with Gasteiger partial charge in [-0.3, -0.25) is 14.5 Å². The first-order valence-corrected chi connectivity index (χ1v) is 11.5. The molecule has 1 heterocycles. The fourth-order valence-corrected chi connectivity index (χ4v) is 4.81. The van der Waals surface area contributed by atoms with Crippen LogP contribution in [0, 0.1) is 0 Å². The van der Waals surface area contributed by atoms with E-state index in [1.54, 1.807) is 23.1 Å². The molecule has 0 atom stereocenters. The highest BCUT2D eigenvalue weighted by Crippen LogP contribution is 2.32. The minimum absolute atomic E-state index is 0.0515. The molecular formula is C22H20Cl2N2O2S2. The summed E-state index contributed by atoms with van der Waals surface area (Å²) in [6.07, 6.45) is 4.57. The average molecular weight is 479 g/mol. The van der Waals surface area contributed by atoms with Crippen LogP contribution in [0.25, 0.3) is 6.08 Å². The van der Waals surface area contributed by atoms with Gasteiger partial charge in [-0.2, -0.15) is 0 Å². The number of rotatable bonds is 8. The van der Waals surface area contributed by atoms with Crippen molar-refractivity contribution < 1.29 is 9.59 Å². The lowest BCUT2D eigenvalue weighted by molar-refractivity contribution is -0.122. The van der Waals surface area contributed by atoms with Gasteiger partial charge in [-0.05, 0) is 42.7 Å². The Bertz CT molecular complexity index is 960. The van der Waals surface area contributed by atoms with Gasteiger partial charge in [-0.25, -0.2) is 0 Å². The summed E-state index contributed by atoms with van der Waals surface area (Å²) in [5, 5.41) is 3.74. The summed E-state index contributed by atoms with van der Waals surface area (Å²) < 4.78 is 0.581. The van der Waals surface area contributed by atoms with Crippen molar-refractivity contribution in [1.29, 1.82) is 0 Å². The number of carbonyl (C=O) groups is 2. The summed E-state index contributed by atoms with van der Waals surface area (Å²) in [5.41, 5.74) is 1.56. The van der Waals surface area contributed by atoms with Gasteiger partial charge in [0.1, 0.15) is 4.32 Å². The summed E-state index contributed by atoms with van der Waals surface area (Å²) in [5.74, 6) is -0.144. The van der Waals surface area contributed by atoms with E-state index in [4.69, 9.17) is 35.4 Å². The Morgan fingerprint density at radius 3 is 2.47 bits per heavy atom. The van der Waals surface area contributed by atoms with Crippen molar-refractivity contribution in [2.24, 2.45) is 0 Å². The van der Waals surface area contributed by atoms with Crippen LogP contribution in [0.3, 0.4) is 0 Å². The highest BCUT2D eigenvalue weighted by molar-refractivity contribution is 8.26. The van der Waals surface area contributed by atoms with Crippen LogP contribution in [0.1, 0.15) is 31.2 Å². The van der Waals surface area contributed by atoms with Crippen LogP contribution in [0.4, 0.5) is 5.69 Å². The molecule has 1 aliphatic rings. The molecule has 1 N–H and O–H groups in total. The van der Waals surface area contributed by atoms with Crippen LogP contribution in [-0.2, 0) is 9.59 Å². The van der Waals surface area contributed by atoms with E-state index >= 15 is 0 Å². The highest BCUT2D eigenvalue weighted by atomic mass is 35.5. The van der Waals surface area contributed by atoms with E-state index in [9.17, 15) is 9.59 Å². The van der Waals surface area contributed by atoms with Gasteiger partial charge in [-0.15, -0.1) is 0 Å². The Balaban J connectivity index is 1.41. The van der Waals surface area contributed by atoms with E-state index in [2.05, 4.69) is 5.32 Å². The van der Waals surface area contributed by atoms with Crippen LogP contribution in [0.5, 0.6) is 0 Å². The van der Waals surface area contributed by atoms with Crippen LogP contribution in [0.15, 0.2) is 53.4 Å². The molecule has 0 saturated carbocycles. The lowest BCUT2D eigenvalue weighted by Crippen LogP contribution is -2.29. The second-order valence-electron chi connectivity index (χ2n) is 6.76. The summed E-state index contributed by atoms with van der Waals surface area (Å²) >= 11 is 18.6. The van der Waals surface area contributed by atoms with Crippen LogP contribution in [-0.4, -0.2) is 27.6 Å². The normalized spacial score (nSPS) is 15.1. The standard InChI is InChI=1S/C22H20Cl2N2O2S2/c23-16-12-17(24)14-18(13-16)25-20(27)9-5-2-6-10-26-21(28)19(30-22(26)29)11-15-7-3-1-4-8-15/h1,3-4,7-8,11-14H,2,5-6,9-10H2,(H,25,27). The number of nitrogens with zero attached hydrogens (tertiary/aromatic N) is 1. The molecule has 2 aromatic rings. The number of unbranched alkanes of at least 4 members (excludes halogenated alkanes) is 2. The van der Waals surface area contributed by atoms with Gasteiger partial charge in [0.15, 0.2) is 0 Å². The van der Waals surface area contributed by atoms with E-state index < -0.39 is 0 Å². The number of thioether (sulfide) groups is 1. The van der Waals surface area contributed by atoms with E-state index in [1.807, 2.05) is 36.4 Å². The van der Waals surface area contributed by atoms with Crippen molar-refractivity contribution in [2.75, 3.05) is 11.9 Å². The molecule has 3 rings (SSSR count). The van der Waals surface area contributed by atoms with Gasteiger partial charge in [0.25, 0.3) is 5.91 Å². The molecule has 1 saturated heterocycles. The number of thiocarbonyl (C=S) groups is 1. The van der Waals surface area contributed by atoms with E-state index in [0.29, 0.717) is 37.9 Å². The van der Waals surface area contributed by atoms with Crippen LogP contribution >= 0.6 is 47.2 Å². The molecule has 1 fully saturated rings. The van der Waals surface area contributed by atoms with E-state index in [0.717, 1.165) is 24.8 Å². The van der Waals surface area contributed by atoms with Gasteiger partial charge >= 0.3 is 0 Å². The number of halogens is 2. The van der Waals surface area contributed by atoms with Crippen molar-refractivity contribution in [3.8, 4) is 0 Å². The number of anilines is 1. The number of benzene rings is 2. The zero-order valence-corrected chi connectivity index (χ0v) is 19.2. The largest absolute Gasteiger partial charge is 0.326 e. The molecule has 0 aliphatic carbocycles. The minimum atomic E-state index is -0.0928. The maximum atomic E-state index is 12.6. The second kappa shape index (κ2) is 11.0. The Kier molecular flexibility index (Phi) is 8.33. The lowest BCUT2D eigenvalue weighted by atomic mass is 10.1. The quantitative estimate of drug-likeness (QED) is 0.271. The second-order valence-corrected chi connectivity index (χ2v) is 9.31. The van der Waals surface area contributed by atoms with Gasteiger partial charge in [0.2, 0.25) is 5.91 Å². The molecule has 156 valence electrons. The van der Waals surface area contributed by atoms with E-state index in [-0.39, 0.29) is 11.8 Å². The Morgan fingerprint density at radius 2 is 1.77 bits per heavy atom. The van der Waals surface area contributed by atoms with Crippen molar-refractivity contribution in [3.05, 3.63) is 69.0 Å². The SMILES string of the molecule is O=C(CCCCCN1C(=O)C(=Cc2ccccc2)SC1=S)Nc1cc(Cl)cc(Cl)c1. The minimum Gasteiger partial charge on any atom is -0.326 e. The smallest absolute Gasteiger partial charge is 0.266 e. The number of hydrogen-bond donors (Lipinski definition) is 1. The molecule has 0 bridgehead atoms. The number of amides is 2. The molecule has 30 heavy (non-hydrogen) atoms. The molecule has 1 aliphatic heterocycles. The highest BCUT2D eigenvalue weighted by Gasteiger charge is 2.31. The monoisotopic (exact) mass is 478 g/mol. The predicted molar refractivity (Wildman–Crippen MR) is 130 cm³/mol. The summed E-state index contributed by atoms with van der Waals surface area (Å²) in [7, 11) is 0. The summed E-state index contributed by atoms with van der Waals surface area (Å²) in [6.45, 7) is 0.558. The van der Waals surface area contributed by atoms with Gasteiger partial charge in [0.05, 0.1) is 4.91 Å². The maximum absolute atomic E-state index is 12.6. The fraction of sp³-hybridized carbons (Fsp3) is 0.227. The average Bonchev–Trinajstić information content (AvgIpc) is 2.95. The molecular weight excluding hydrogens is 459 g/mol. The molecule has 2 aromatic carbocycles. The molecule has 2 amide bonds. The van der Waals surface area contributed by atoms with Crippen molar-refractivity contribution in [1.82, 2.24) is 4.90 Å². The number of hydrogen-bond acceptors (Lipinski definition) is 4. The molecule has 8 heteroatoms. The van der Waals surface area contributed by atoms with Crippen molar-refractivity contribution >= 4 is 75.1 Å². The molecule has 0 aromatic heterocycles. The topological polar surface area (TPSA) is 49.4 Å². The maximum Gasteiger partial charge on any atom is 0.266 e. The lowest BCUT2D eigenvalue weighted by Gasteiger charge is -2.14. The molecule has 0 unspecified atom stereocenters. The van der Waals surface area contributed by atoms with Crippen molar-refractivity contribution in [2.45, 2.75) is 25.7 Å². The zero-order chi connectivity index (χ0) is 21.5. The third kappa shape index (κ3) is 6.57. The Labute approximate surface area is 195 Å². The molecule has 0 radical (unpaired) electrons. The Hall–Kier alpha value is -1.86. The first-order valence-electron chi connectivity index (χ1n) is 9.49. The first-order chi connectivity index (χ1) is 14.4. The van der Waals surface area contributed by atoms with Gasteiger partial charge in [0, 0.05) is 28.7 Å². The third-order valence-electron chi connectivity index (χ3n) is 4.40. The van der Waals surface area contributed by atoms with Crippen molar-refractivity contribution in [3.63, 3.8) is 0 Å². The van der Waals surface area contributed by atoms with E-state index in [1.165, 1.54) is 11.8 Å². The van der Waals surface area contributed by atoms with Crippen LogP contribution < -0.4 is 5.32 Å². The zero-order valence-electron chi connectivity index (χ0n) is 16.1. The summed E-state index contributed by atoms with van der Waals surface area (Å²) in [4.78, 5) is 27.0. The first kappa shape index (κ1) is 22.8. The number of carbonyl (C=O) groups excluding carboxylic acids is 2. The predicted octanol–water partition coefficient (Wildman–Crippen LogP) is 6.39. The summed E-state index contributed by atoms with van der Waals surface area (Å²) in [6, 6.07) is 14.6. The van der Waals surface area contributed by atoms with Gasteiger partial charge < -0.3 is 5.32 Å². The molecule has 0 spiro atoms. The molecule has 4 nitrogen and oxygen atoms in total.